The summed E-state index contributed by atoms with van der Waals surface area (Å²) in [5.41, 5.74) is 13.4. The molecule has 1 aliphatic rings. The van der Waals surface area contributed by atoms with Crippen LogP contribution in [0.3, 0.4) is 0 Å². The van der Waals surface area contributed by atoms with Gasteiger partial charge in [-0.2, -0.15) is 16.7 Å². The number of anilines is 2. The number of aromatic nitrogens is 2. The Morgan fingerprint density at radius 3 is 2.69 bits per heavy atom. The fourth-order valence-corrected chi connectivity index (χ4v) is 2.38. The van der Waals surface area contributed by atoms with Gasteiger partial charge in [0.25, 0.3) is 0 Å². The fraction of sp³-hybridized carbons (Fsp3) is 0.500. The number of thioether (sulfide) groups is 1. The topological polar surface area (TPSA) is 77.8 Å². The zero-order valence-corrected chi connectivity index (χ0v) is 8.10. The van der Waals surface area contributed by atoms with Crippen LogP contribution in [0.2, 0.25) is 0 Å². The molecule has 0 amide bonds. The molecular weight excluding hydrogens is 184 g/mol. The Morgan fingerprint density at radius 1 is 1.08 bits per heavy atom. The lowest BCUT2D eigenvalue weighted by molar-refractivity contribution is 0.972. The van der Waals surface area contributed by atoms with Crippen molar-refractivity contribution in [3.8, 4) is 0 Å². The summed E-state index contributed by atoms with van der Waals surface area (Å²) in [6.45, 7) is 0. The maximum absolute atomic E-state index is 5.77. The Morgan fingerprint density at radius 2 is 1.85 bits per heavy atom. The minimum atomic E-state index is 0.295. The molecule has 1 aromatic rings. The molecule has 13 heavy (non-hydrogen) atoms. The van der Waals surface area contributed by atoms with Gasteiger partial charge in [-0.3, -0.25) is 0 Å². The van der Waals surface area contributed by atoms with Crippen molar-refractivity contribution < 1.29 is 0 Å². The molecule has 1 aromatic heterocycles. The Hall–Kier alpha value is -0.970. The highest BCUT2D eigenvalue weighted by Crippen LogP contribution is 2.22. The average Bonchev–Trinajstić information content (AvgIpc) is 2.28. The maximum atomic E-state index is 5.77. The Balaban J connectivity index is 2.47. The first-order valence-corrected chi connectivity index (χ1v) is 5.41. The molecule has 2 heterocycles. The zero-order valence-electron chi connectivity index (χ0n) is 7.29. The first kappa shape index (κ1) is 8.62. The van der Waals surface area contributed by atoms with Crippen molar-refractivity contribution in [3.05, 3.63) is 11.3 Å². The minimum absolute atomic E-state index is 0.295. The van der Waals surface area contributed by atoms with E-state index < -0.39 is 0 Å². The number of nitrogens with two attached hydrogens (primary N) is 2. The van der Waals surface area contributed by atoms with Crippen molar-refractivity contribution in [1.29, 1.82) is 0 Å². The van der Waals surface area contributed by atoms with Gasteiger partial charge in [-0.05, 0) is 24.3 Å². The molecule has 0 saturated carbocycles. The summed E-state index contributed by atoms with van der Waals surface area (Å²) in [5.74, 6) is 3.06. The van der Waals surface area contributed by atoms with Crippen LogP contribution >= 0.6 is 11.8 Å². The Labute approximate surface area is 81.1 Å². The largest absolute Gasteiger partial charge is 0.383 e. The van der Waals surface area contributed by atoms with Crippen molar-refractivity contribution in [2.45, 2.75) is 12.8 Å². The Kier molecular flexibility index (Phi) is 2.26. The lowest BCUT2D eigenvalue weighted by Crippen LogP contribution is -2.08. The van der Waals surface area contributed by atoms with Gasteiger partial charge in [-0.25, -0.2) is 4.98 Å². The molecule has 0 spiro atoms. The lowest BCUT2D eigenvalue weighted by atomic mass is 10.1. The third-order valence-corrected chi connectivity index (χ3v) is 3.11. The molecule has 0 saturated heterocycles. The maximum Gasteiger partial charge on any atom is 0.222 e. The van der Waals surface area contributed by atoms with E-state index in [0.717, 1.165) is 35.6 Å². The number of nitrogen functional groups attached to an aromatic ring is 2. The van der Waals surface area contributed by atoms with Crippen molar-refractivity contribution >= 4 is 23.5 Å². The highest BCUT2D eigenvalue weighted by molar-refractivity contribution is 7.99. The number of nitrogens with zero attached hydrogens (tertiary/aromatic N) is 2. The van der Waals surface area contributed by atoms with Gasteiger partial charge in [0, 0.05) is 5.56 Å². The van der Waals surface area contributed by atoms with E-state index in [9.17, 15) is 0 Å². The minimum Gasteiger partial charge on any atom is -0.383 e. The fourth-order valence-electron chi connectivity index (χ4n) is 1.49. The second kappa shape index (κ2) is 3.41. The van der Waals surface area contributed by atoms with Gasteiger partial charge < -0.3 is 11.5 Å². The standard InChI is InChI=1S/C8H12N4S/c9-7-5-1-3-13-4-2-6(5)11-8(10)12-7/h1-4H2,(H4,9,10,11,12). The smallest absolute Gasteiger partial charge is 0.222 e. The second-order valence-corrected chi connectivity index (χ2v) is 4.23. The number of hydrogen-bond donors (Lipinski definition) is 2. The number of aryl methyl sites for hydroxylation is 1. The number of rotatable bonds is 0. The van der Waals surface area contributed by atoms with Crippen LogP contribution in [0.4, 0.5) is 11.8 Å². The molecule has 0 radical (unpaired) electrons. The van der Waals surface area contributed by atoms with E-state index in [1.165, 1.54) is 0 Å². The summed E-state index contributed by atoms with van der Waals surface area (Å²) in [6.07, 6.45) is 1.92. The number of hydrogen-bond acceptors (Lipinski definition) is 5. The molecule has 0 bridgehead atoms. The van der Waals surface area contributed by atoms with Gasteiger partial charge in [0.05, 0.1) is 5.69 Å². The molecule has 0 atom stereocenters. The molecular formula is C8H12N4S. The SMILES string of the molecule is Nc1nc(N)c2c(n1)CCSCC2. The molecule has 4 N–H and O–H groups in total. The molecule has 0 aliphatic carbocycles. The molecule has 70 valence electrons. The van der Waals surface area contributed by atoms with Crippen molar-refractivity contribution in [2.24, 2.45) is 0 Å². The molecule has 0 aromatic carbocycles. The second-order valence-electron chi connectivity index (χ2n) is 3.00. The van der Waals surface area contributed by atoms with Gasteiger partial charge >= 0.3 is 0 Å². The van der Waals surface area contributed by atoms with Crippen LogP contribution in [0.25, 0.3) is 0 Å². The summed E-state index contributed by atoms with van der Waals surface area (Å²) in [7, 11) is 0. The monoisotopic (exact) mass is 196 g/mol. The van der Waals surface area contributed by atoms with Crippen molar-refractivity contribution in [2.75, 3.05) is 23.0 Å². The van der Waals surface area contributed by atoms with Gasteiger partial charge in [-0.15, -0.1) is 0 Å². The van der Waals surface area contributed by atoms with E-state index in [2.05, 4.69) is 9.97 Å². The molecule has 0 fully saturated rings. The van der Waals surface area contributed by atoms with Gasteiger partial charge in [-0.1, -0.05) is 0 Å². The predicted molar refractivity (Wildman–Crippen MR) is 55.6 cm³/mol. The van der Waals surface area contributed by atoms with Gasteiger partial charge in [0.1, 0.15) is 5.82 Å². The van der Waals surface area contributed by atoms with E-state index in [4.69, 9.17) is 11.5 Å². The van der Waals surface area contributed by atoms with E-state index >= 15 is 0 Å². The summed E-state index contributed by atoms with van der Waals surface area (Å²) < 4.78 is 0. The van der Waals surface area contributed by atoms with Crippen LogP contribution in [0.15, 0.2) is 0 Å². The van der Waals surface area contributed by atoms with Crippen LogP contribution in [0, 0.1) is 0 Å². The Bertz CT molecular complexity index is 326. The molecule has 0 unspecified atom stereocenters. The first-order valence-electron chi connectivity index (χ1n) is 4.26. The highest BCUT2D eigenvalue weighted by Gasteiger charge is 2.13. The van der Waals surface area contributed by atoms with Crippen LogP contribution in [-0.4, -0.2) is 21.5 Å². The summed E-state index contributed by atoms with van der Waals surface area (Å²) in [6, 6.07) is 0. The molecule has 4 nitrogen and oxygen atoms in total. The van der Waals surface area contributed by atoms with E-state index in [0.29, 0.717) is 11.8 Å². The summed E-state index contributed by atoms with van der Waals surface area (Å²) in [5, 5.41) is 0. The predicted octanol–water partition coefficient (Wildman–Crippen LogP) is 0.473. The number of fused-ring (bicyclic) bond motifs is 1. The third kappa shape index (κ3) is 1.70. The van der Waals surface area contributed by atoms with E-state index in [1.807, 2.05) is 11.8 Å². The highest BCUT2D eigenvalue weighted by atomic mass is 32.2. The zero-order chi connectivity index (χ0) is 9.26. The quantitative estimate of drug-likeness (QED) is 0.630. The van der Waals surface area contributed by atoms with Crippen LogP contribution in [-0.2, 0) is 12.8 Å². The normalized spacial score (nSPS) is 16.3. The molecule has 1 aliphatic heterocycles. The van der Waals surface area contributed by atoms with Crippen LogP contribution in [0.1, 0.15) is 11.3 Å². The molecule has 5 heteroatoms. The van der Waals surface area contributed by atoms with Crippen molar-refractivity contribution in [3.63, 3.8) is 0 Å². The third-order valence-electron chi connectivity index (χ3n) is 2.12. The summed E-state index contributed by atoms with van der Waals surface area (Å²) >= 11 is 1.92. The van der Waals surface area contributed by atoms with Gasteiger partial charge in [0.2, 0.25) is 5.95 Å². The average molecular weight is 196 g/mol. The van der Waals surface area contributed by atoms with Gasteiger partial charge in [0.15, 0.2) is 0 Å². The van der Waals surface area contributed by atoms with E-state index in [1.54, 1.807) is 0 Å². The molecule has 2 rings (SSSR count). The van der Waals surface area contributed by atoms with Crippen LogP contribution < -0.4 is 11.5 Å². The van der Waals surface area contributed by atoms with Crippen LogP contribution in [0.5, 0.6) is 0 Å². The summed E-state index contributed by atoms with van der Waals surface area (Å²) in [4.78, 5) is 8.17. The lowest BCUT2D eigenvalue weighted by Gasteiger charge is -2.07. The first-order chi connectivity index (χ1) is 6.27. The van der Waals surface area contributed by atoms with Crippen molar-refractivity contribution in [1.82, 2.24) is 9.97 Å². The van der Waals surface area contributed by atoms with E-state index in [-0.39, 0.29) is 0 Å².